The SMILES string of the molecule is CC(C)=CCNc1cccc(F)c1C. The maximum Gasteiger partial charge on any atom is 0.128 e. The van der Waals surface area contributed by atoms with Crippen molar-refractivity contribution in [3.63, 3.8) is 0 Å². The topological polar surface area (TPSA) is 12.0 Å². The van der Waals surface area contributed by atoms with Crippen LogP contribution in [-0.2, 0) is 0 Å². The van der Waals surface area contributed by atoms with Crippen molar-refractivity contribution < 1.29 is 4.39 Å². The first-order valence-electron chi connectivity index (χ1n) is 4.73. The van der Waals surface area contributed by atoms with Crippen molar-refractivity contribution in [2.75, 3.05) is 11.9 Å². The lowest BCUT2D eigenvalue weighted by atomic mass is 10.2. The number of hydrogen-bond donors (Lipinski definition) is 1. The van der Waals surface area contributed by atoms with Crippen LogP contribution in [0.15, 0.2) is 29.8 Å². The van der Waals surface area contributed by atoms with E-state index in [1.807, 2.05) is 19.9 Å². The number of anilines is 1. The van der Waals surface area contributed by atoms with Gasteiger partial charge in [-0.2, -0.15) is 0 Å². The van der Waals surface area contributed by atoms with Gasteiger partial charge < -0.3 is 5.32 Å². The van der Waals surface area contributed by atoms with Gasteiger partial charge in [0.15, 0.2) is 0 Å². The molecule has 0 aliphatic rings. The molecule has 76 valence electrons. The Morgan fingerprint density at radius 1 is 1.43 bits per heavy atom. The van der Waals surface area contributed by atoms with Crippen LogP contribution in [0.5, 0.6) is 0 Å². The van der Waals surface area contributed by atoms with Gasteiger partial charge in [0, 0.05) is 17.8 Å². The van der Waals surface area contributed by atoms with E-state index in [0.717, 1.165) is 12.2 Å². The minimum atomic E-state index is -0.160. The van der Waals surface area contributed by atoms with Gasteiger partial charge in [-0.1, -0.05) is 17.7 Å². The molecule has 0 spiro atoms. The molecule has 0 aromatic heterocycles. The highest BCUT2D eigenvalue weighted by Crippen LogP contribution is 2.16. The van der Waals surface area contributed by atoms with Crippen molar-refractivity contribution in [3.05, 3.63) is 41.2 Å². The fraction of sp³-hybridized carbons (Fsp3) is 0.333. The molecule has 0 aliphatic carbocycles. The fourth-order valence-corrected chi connectivity index (χ4v) is 1.16. The number of rotatable bonds is 3. The molecule has 0 amide bonds. The van der Waals surface area contributed by atoms with E-state index in [0.29, 0.717) is 5.56 Å². The van der Waals surface area contributed by atoms with Crippen molar-refractivity contribution in [1.29, 1.82) is 0 Å². The Labute approximate surface area is 84.6 Å². The Morgan fingerprint density at radius 3 is 2.79 bits per heavy atom. The molecule has 14 heavy (non-hydrogen) atoms. The highest BCUT2D eigenvalue weighted by Gasteiger charge is 2.00. The summed E-state index contributed by atoms with van der Waals surface area (Å²) in [5.41, 5.74) is 2.80. The van der Waals surface area contributed by atoms with E-state index in [2.05, 4.69) is 11.4 Å². The molecule has 1 nitrogen and oxygen atoms in total. The first-order valence-corrected chi connectivity index (χ1v) is 4.73. The molecule has 0 fully saturated rings. The second kappa shape index (κ2) is 4.80. The summed E-state index contributed by atoms with van der Waals surface area (Å²) in [7, 11) is 0. The first-order chi connectivity index (χ1) is 6.61. The maximum absolute atomic E-state index is 13.1. The largest absolute Gasteiger partial charge is 0.381 e. The molecule has 0 atom stereocenters. The van der Waals surface area contributed by atoms with E-state index >= 15 is 0 Å². The molecule has 0 saturated heterocycles. The van der Waals surface area contributed by atoms with Crippen LogP contribution in [0.2, 0.25) is 0 Å². The summed E-state index contributed by atoms with van der Waals surface area (Å²) in [6.07, 6.45) is 2.07. The van der Waals surface area contributed by atoms with E-state index in [1.165, 1.54) is 11.6 Å². The molecule has 1 aromatic rings. The molecule has 0 heterocycles. The van der Waals surface area contributed by atoms with Gasteiger partial charge in [0.05, 0.1) is 0 Å². The van der Waals surface area contributed by atoms with Crippen molar-refractivity contribution in [3.8, 4) is 0 Å². The Morgan fingerprint density at radius 2 is 2.14 bits per heavy atom. The minimum absolute atomic E-state index is 0.160. The predicted octanol–water partition coefficient (Wildman–Crippen LogP) is 3.51. The van der Waals surface area contributed by atoms with Crippen LogP contribution in [0.3, 0.4) is 0 Å². The van der Waals surface area contributed by atoms with Crippen LogP contribution in [0.1, 0.15) is 19.4 Å². The molecule has 1 rings (SSSR count). The lowest BCUT2D eigenvalue weighted by Gasteiger charge is -2.07. The van der Waals surface area contributed by atoms with Gasteiger partial charge in [0.1, 0.15) is 5.82 Å². The summed E-state index contributed by atoms with van der Waals surface area (Å²) >= 11 is 0. The van der Waals surface area contributed by atoms with Gasteiger partial charge in [0.2, 0.25) is 0 Å². The summed E-state index contributed by atoms with van der Waals surface area (Å²) in [6, 6.07) is 5.08. The predicted molar refractivity (Wildman–Crippen MR) is 59.1 cm³/mol. The standard InChI is InChI=1S/C12H16FN/c1-9(2)7-8-14-12-6-4-5-11(13)10(12)3/h4-7,14H,8H2,1-3H3. The van der Waals surface area contributed by atoms with Crippen molar-refractivity contribution in [2.45, 2.75) is 20.8 Å². The second-order valence-electron chi connectivity index (χ2n) is 3.57. The summed E-state index contributed by atoms with van der Waals surface area (Å²) in [5, 5.41) is 3.17. The Hall–Kier alpha value is -1.31. The highest BCUT2D eigenvalue weighted by atomic mass is 19.1. The van der Waals surface area contributed by atoms with Gasteiger partial charge in [-0.05, 0) is 32.9 Å². The zero-order chi connectivity index (χ0) is 10.6. The van der Waals surface area contributed by atoms with Crippen molar-refractivity contribution in [1.82, 2.24) is 0 Å². The molecule has 0 saturated carbocycles. The summed E-state index contributed by atoms with van der Waals surface area (Å²) in [5.74, 6) is -0.160. The average molecular weight is 193 g/mol. The smallest absolute Gasteiger partial charge is 0.128 e. The van der Waals surface area contributed by atoms with Gasteiger partial charge in [-0.3, -0.25) is 0 Å². The van der Waals surface area contributed by atoms with E-state index in [9.17, 15) is 4.39 Å². The van der Waals surface area contributed by atoms with Gasteiger partial charge in [-0.25, -0.2) is 4.39 Å². The highest BCUT2D eigenvalue weighted by molar-refractivity contribution is 5.51. The normalized spacial score (nSPS) is 9.71. The van der Waals surface area contributed by atoms with E-state index in [1.54, 1.807) is 13.0 Å². The number of halogens is 1. The zero-order valence-corrected chi connectivity index (χ0v) is 8.89. The van der Waals surface area contributed by atoms with Crippen LogP contribution in [0.4, 0.5) is 10.1 Å². The van der Waals surface area contributed by atoms with Crippen LogP contribution in [-0.4, -0.2) is 6.54 Å². The summed E-state index contributed by atoms with van der Waals surface area (Å²) in [4.78, 5) is 0. The van der Waals surface area contributed by atoms with Gasteiger partial charge >= 0.3 is 0 Å². The molecule has 1 aromatic carbocycles. The van der Waals surface area contributed by atoms with Crippen molar-refractivity contribution in [2.24, 2.45) is 0 Å². The third kappa shape index (κ3) is 2.87. The van der Waals surface area contributed by atoms with E-state index in [-0.39, 0.29) is 5.82 Å². The monoisotopic (exact) mass is 193 g/mol. The Balaban J connectivity index is 2.68. The van der Waals surface area contributed by atoms with Crippen LogP contribution >= 0.6 is 0 Å². The number of benzene rings is 1. The average Bonchev–Trinajstić information content (AvgIpc) is 2.12. The number of nitrogens with one attached hydrogen (secondary N) is 1. The summed E-state index contributed by atoms with van der Waals surface area (Å²) < 4.78 is 13.1. The fourth-order valence-electron chi connectivity index (χ4n) is 1.16. The Bertz CT molecular complexity index is 338. The van der Waals surface area contributed by atoms with Crippen LogP contribution in [0.25, 0.3) is 0 Å². The number of hydrogen-bond acceptors (Lipinski definition) is 1. The molecule has 0 unspecified atom stereocenters. The molecule has 1 N–H and O–H groups in total. The third-order valence-electron chi connectivity index (χ3n) is 2.07. The minimum Gasteiger partial charge on any atom is -0.381 e. The molecular formula is C12H16FN. The number of allylic oxidation sites excluding steroid dienone is 1. The maximum atomic E-state index is 13.1. The summed E-state index contributed by atoms with van der Waals surface area (Å²) in [6.45, 7) is 6.60. The second-order valence-corrected chi connectivity index (χ2v) is 3.57. The van der Waals surface area contributed by atoms with Crippen LogP contribution < -0.4 is 5.32 Å². The quantitative estimate of drug-likeness (QED) is 0.724. The van der Waals surface area contributed by atoms with Crippen molar-refractivity contribution >= 4 is 5.69 Å². The molecule has 0 bridgehead atoms. The van der Waals surface area contributed by atoms with E-state index < -0.39 is 0 Å². The lowest BCUT2D eigenvalue weighted by molar-refractivity contribution is 0.619. The van der Waals surface area contributed by atoms with Gasteiger partial charge in [-0.15, -0.1) is 0 Å². The first kappa shape index (κ1) is 10.8. The molecule has 0 aliphatic heterocycles. The van der Waals surface area contributed by atoms with Crippen LogP contribution in [0, 0.1) is 12.7 Å². The van der Waals surface area contributed by atoms with E-state index in [4.69, 9.17) is 0 Å². The molecule has 0 radical (unpaired) electrons. The van der Waals surface area contributed by atoms with Gasteiger partial charge in [0.25, 0.3) is 0 Å². The zero-order valence-electron chi connectivity index (χ0n) is 8.89. The molecular weight excluding hydrogens is 177 g/mol. The lowest BCUT2D eigenvalue weighted by Crippen LogP contribution is -2.01. The third-order valence-corrected chi connectivity index (χ3v) is 2.07. The molecule has 2 heteroatoms. The Kier molecular flexibility index (Phi) is 3.69.